The van der Waals surface area contributed by atoms with E-state index in [1.807, 2.05) is 6.92 Å². The Hall–Kier alpha value is -1.62. The van der Waals surface area contributed by atoms with Crippen molar-refractivity contribution in [3.05, 3.63) is 0 Å². The van der Waals surface area contributed by atoms with Crippen LogP contribution in [0.5, 0.6) is 0 Å². The molecule has 0 radical (unpaired) electrons. The zero-order chi connectivity index (χ0) is 60.0. The number of hydrogen-bond acceptors (Lipinski definition) is 18. The second-order valence-corrected chi connectivity index (χ2v) is 22.3. The average Bonchev–Trinajstić information content (AvgIpc) is 3.54. The molecule has 494 valence electrons. The number of carbonyl (C=O) groups is 2. The van der Waals surface area contributed by atoms with E-state index in [1.165, 1.54) is 57.8 Å². The van der Waals surface area contributed by atoms with Gasteiger partial charge in [0.15, 0.2) is 0 Å². The van der Waals surface area contributed by atoms with Crippen LogP contribution in [-0.2, 0) is 85.4 Å². The third-order valence-electron chi connectivity index (χ3n) is 15.2. The van der Waals surface area contributed by atoms with Gasteiger partial charge in [-0.05, 0) is 94.3 Å². The highest BCUT2D eigenvalue weighted by molar-refractivity contribution is 5.76. The topological polar surface area (TPSA) is 182 Å². The third kappa shape index (κ3) is 51.0. The van der Waals surface area contributed by atoms with E-state index in [1.54, 1.807) is 0 Å². The molecule has 18 heteroatoms. The van der Waals surface area contributed by atoms with Gasteiger partial charge in [0, 0.05) is 85.9 Å². The van der Waals surface area contributed by atoms with Crippen molar-refractivity contribution in [1.29, 1.82) is 0 Å². The molecule has 0 aromatic rings. The number of ether oxygens (including phenoxy) is 16. The molecule has 0 bridgehead atoms. The second kappa shape index (κ2) is 62.0. The first-order valence-electron chi connectivity index (χ1n) is 33.2. The summed E-state index contributed by atoms with van der Waals surface area (Å²) in [6, 6.07) is 0. The van der Waals surface area contributed by atoms with E-state index in [0.717, 1.165) is 110 Å². The quantitative estimate of drug-likeness (QED) is 0.0414. The molecule has 1 saturated carbocycles. The van der Waals surface area contributed by atoms with Crippen LogP contribution in [0.2, 0.25) is 0 Å². The van der Waals surface area contributed by atoms with Crippen molar-refractivity contribution in [2.75, 3.05) is 198 Å². The van der Waals surface area contributed by atoms with E-state index in [2.05, 4.69) is 34.6 Å². The Balaban J connectivity index is 1.79. The number of rotatable bonds is 67. The zero-order valence-corrected chi connectivity index (χ0v) is 53.9. The highest BCUT2D eigenvalue weighted by atomic mass is 16.6. The Kier molecular flexibility index (Phi) is 59.3. The molecule has 0 N–H and O–H groups in total. The first kappa shape index (κ1) is 79.4. The Morgan fingerprint density at radius 3 is 1.11 bits per heavy atom. The van der Waals surface area contributed by atoms with E-state index in [0.29, 0.717) is 170 Å². The van der Waals surface area contributed by atoms with Gasteiger partial charge >= 0.3 is 11.9 Å². The molecule has 0 spiro atoms. The Morgan fingerprint density at radius 1 is 0.386 bits per heavy atom. The fourth-order valence-electron chi connectivity index (χ4n) is 9.79. The van der Waals surface area contributed by atoms with Crippen LogP contribution in [0.4, 0.5) is 0 Å². The minimum absolute atomic E-state index is 0.0458. The van der Waals surface area contributed by atoms with Crippen LogP contribution in [0.15, 0.2) is 0 Å². The molecule has 83 heavy (non-hydrogen) atoms. The molecule has 1 aliphatic carbocycles. The molecule has 0 saturated heterocycles. The largest absolute Gasteiger partial charge is 0.465 e. The Bertz CT molecular complexity index is 1350. The molecule has 4 atom stereocenters. The monoisotopic (exact) mass is 1190 g/mol. The normalized spacial score (nSPS) is 14.9. The fraction of sp³-hybridized carbons (Fsp3) is 0.969. The highest BCUT2D eigenvalue weighted by Crippen LogP contribution is 2.46. The highest BCUT2D eigenvalue weighted by Gasteiger charge is 2.39. The molecule has 1 rings (SSSR count). The predicted octanol–water partition coefficient (Wildman–Crippen LogP) is 11.5. The van der Waals surface area contributed by atoms with Crippen LogP contribution in [-0.4, -0.2) is 210 Å². The van der Waals surface area contributed by atoms with Crippen molar-refractivity contribution < 1.29 is 85.4 Å². The lowest BCUT2D eigenvalue weighted by Gasteiger charge is -2.41. The maximum absolute atomic E-state index is 13.4. The molecule has 4 unspecified atom stereocenters. The lowest BCUT2D eigenvalue weighted by molar-refractivity contribution is -0.154. The number of unbranched alkanes of at least 4 members (excludes halogenated alkanes) is 4. The van der Waals surface area contributed by atoms with E-state index in [4.69, 9.17) is 75.8 Å². The Morgan fingerprint density at radius 2 is 0.735 bits per heavy atom. The van der Waals surface area contributed by atoms with Gasteiger partial charge in [-0.15, -0.1) is 0 Å². The van der Waals surface area contributed by atoms with Gasteiger partial charge in [-0.2, -0.15) is 0 Å². The minimum atomic E-state index is -0.413. The maximum Gasteiger partial charge on any atom is 0.308 e. The summed E-state index contributed by atoms with van der Waals surface area (Å²) in [6.07, 6.45) is 23.0. The summed E-state index contributed by atoms with van der Waals surface area (Å²) < 4.78 is 90.3. The smallest absolute Gasteiger partial charge is 0.308 e. The number of carbonyl (C=O) groups excluding carboxylic acids is 2. The second-order valence-electron chi connectivity index (χ2n) is 22.3. The molecule has 1 fully saturated rings. The van der Waals surface area contributed by atoms with Crippen LogP contribution < -0.4 is 0 Å². The standard InChI is InChI=1S/C65H126O18/c1-7-11-13-17-39-82-64(67)61(57-65(6,10-4)62-25-15-14-16-26-62)56-59(5)63(66)83-55-54-80-53-52-79-51-50-78-49-48-77-47-46-76-45-44-75-43-42-74-41-40-73-37-22-35-71-33-20-31-69-29-18-27-68-28-19-30-70-32-21-34-72-36-23-38-81-58-60(9-3)24-12-8-2/h59-62H,7-58H2,1-6H3. The number of esters is 2. The molecule has 0 aromatic carbocycles. The van der Waals surface area contributed by atoms with E-state index in [9.17, 15) is 9.59 Å². The van der Waals surface area contributed by atoms with Gasteiger partial charge in [0.1, 0.15) is 6.61 Å². The molecule has 0 amide bonds. The van der Waals surface area contributed by atoms with Gasteiger partial charge in [0.25, 0.3) is 0 Å². The summed E-state index contributed by atoms with van der Waals surface area (Å²) in [4.78, 5) is 26.4. The van der Waals surface area contributed by atoms with Crippen LogP contribution in [0.3, 0.4) is 0 Å². The lowest BCUT2D eigenvalue weighted by Crippen LogP contribution is -2.35. The van der Waals surface area contributed by atoms with Crippen molar-refractivity contribution in [3.63, 3.8) is 0 Å². The van der Waals surface area contributed by atoms with Crippen LogP contribution in [0.1, 0.15) is 183 Å². The van der Waals surface area contributed by atoms with Crippen molar-refractivity contribution in [2.24, 2.45) is 29.1 Å². The molecule has 0 aliphatic heterocycles. The van der Waals surface area contributed by atoms with Gasteiger partial charge in [-0.1, -0.05) is 106 Å². The average molecular weight is 1200 g/mol. The van der Waals surface area contributed by atoms with Crippen LogP contribution in [0, 0.1) is 29.1 Å². The molecular weight excluding hydrogens is 1070 g/mol. The molecular formula is C65H126O18. The summed E-state index contributed by atoms with van der Waals surface area (Å²) in [5, 5.41) is 0. The van der Waals surface area contributed by atoms with Gasteiger partial charge in [0.05, 0.1) is 118 Å². The van der Waals surface area contributed by atoms with Crippen molar-refractivity contribution in [2.45, 2.75) is 183 Å². The first-order chi connectivity index (χ1) is 40.8. The SMILES string of the molecule is CCCCCCOC(=O)C(CC(C)C(=O)OCCOCCOCCOCCOCCOCCOCCOCCOCCCOCCCOCCCOCCCOCCCOCCCOCC(CC)CCCC)CC(C)(CC)C1CCCCC1. The fourth-order valence-corrected chi connectivity index (χ4v) is 9.79. The van der Waals surface area contributed by atoms with Crippen molar-refractivity contribution in [3.8, 4) is 0 Å². The molecule has 1 aliphatic rings. The van der Waals surface area contributed by atoms with E-state index >= 15 is 0 Å². The summed E-state index contributed by atoms with van der Waals surface area (Å²) in [5.41, 5.74) is 0.0458. The van der Waals surface area contributed by atoms with E-state index in [-0.39, 0.29) is 36.5 Å². The summed E-state index contributed by atoms with van der Waals surface area (Å²) in [5.74, 6) is 0.0917. The molecule has 18 nitrogen and oxygen atoms in total. The van der Waals surface area contributed by atoms with Crippen molar-refractivity contribution >= 4 is 11.9 Å². The van der Waals surface area contributed by atoms with Crippen molar-refractivity contribution in [1.82, 2.24) is 0 Å². The summed E-state index contributed by atoms with van der Waals surface area (Å²) in [7, 11) is 0. The van der Waals surface area contributed by atoms with Gasteiger partial charge in [-0.25, -0.2) is 0 Å². The predicted molar refractivity (Wildman–Crippen MR) is 325 cm³/mol. The lowest BCUT2D eigenvalue weighted by atomic mass is 9.64. The van der Waals surface area contributed by atoms with Gasteiger partial charge in [0.2, 0.25) is 0 Å². The van der Waals surface area contributed by atoms with Gasteiger partial charge < -0.3 is 75.8 Å². The van der Waals surface area contributed by atoms with Crippen LogP contribution in [0.25, 0.3) is 0 Å². The zero-order valence-electron chi connectivity index (χ0n) is 53.9. The summed E-state index contributed by atoms with van der Waals surface area (Å²) >= 11 is 0. The van der Waals surface area contributed by atoms with Gasteiger partial charge in [-0.3, -0.25) is 9.59 Å². The first-order valence-corrected chi connectivity index (χ1v) is 33.2. The van der Waals surface area contributed by atoms with Crippen LogP contribution >= 0.6 is 0 Å². The maximum atomic E-state index is 13.4. The Labute approximate surface area is 505 Å². The molecule has 0 heterocycles. The minimum Gasteiger partial charge on any atom is -0.465 e. The summed E-state index contributed by atoms with van der Waals surface area (Å²) in [6.45, 7) is 30.0. The number of hydrogen-bond donors (Lipinski definition) is 0. The third-order valence-corrected chi connectivity index (χ3v) is 15.2. The van der Waals surface area contributed by atoms with E-state index < -0.39 is 5.92 Å². The molecule has 0 aromatic heterocycles.